The number of aromatic nitrogens is 4. The summed E-state index contributed by atoms with van der Waals surface area (Å²) in [5.74, 6) is 0.644. The van der Waals surface area contributed by atoms with E-state index in [9.17, 15) is 4.39 Å². The monoisotopic (exact) mass is 405 g/mol. The first-order chi connectivity index (χ1) is 14.6. The fourth-order valence-corrected chi connectivity index (χ4v) is 3.96. The van der Waals surface area contributed by atoms with Gasteiger partial charge in [0.2, 0.25) is 11.9 Å². The topological polar surface area (TPSA) is 70.4 Å². The molecule has 7 nitrogen and oxygen atoms in total. The van der Waals surface area contributed by atoms with Crippen LogP contribution in [0.5, 0.6) is 0 Å². The number of anilines is 3. The van der Waals surface area contributed by atoms with Gasteiger partial charge in [-0.3, -0.25) is 4.40 Å². The molecule has 2 N–H and O–H groups in total. The summed E-state index contributed by atoms with van der Waals surface area (Å²) in [6, 6.07) is 11.8. The van der Waals surface area contributed by atoms with Crippen molar-refractivity contribution in [3.8, 4) is 0 Å². The summed E-state index contributed by atoms with van der Waals surface area (Å²) in [6.07, 6.45) is 1.78. The van der Waals surface area contributed by atoms with Gasteiger partial charge in [-0.25, -0.2) is 9.97 Å². The normalized spacial score (nSPS) is 14.7. The molecule has 1 fully saturated rings. The number of fused-ring (bicyclic) bond motifs is 3. The Hall–Kier alpha value is -3.26. The van der Waals surface area contributed by atoms with Gasteiger partial charge in [0.15, 0.2) is 0 Å². The fourth-order valence-electron chi connectivity index (χ4n) is 3.96. The van der Waals surface area contributed by atoms with Crippen LogP contribution in [-0.2, 0) is 0 Å². The predicted octanol–water partition coefficient (Wildman–Crippen LogP) is 3.69. The first-order valence-electron chi connectivity index (χ1n) is 10.3. The van der Waals surface area contributed by atoms with Gasteiger partial charge in [0.05, 0.1) is 5.69 Å². The summed E-state index contributed by atoms with van der Waals surface area (Å²) >= 11 is 0. The summed E-state index contributed by atoms with van der Waals surface area (Å²) in [4.78, 5) is 15.2. The highest BCUT2D eigenvalue weighted by molar-refractivity contribution is 5.80. The molecule has 30 heavy (non-hydrogen) atoms. The van der Waals surface area contributed by atoms with E-state index in [1.165, 1.54) is 5.69 Å². The molecule has 5 rings (SSSR count). The molecule has 5 heterocycles. The number of piperazine rings is 1. The van der Waals surface area contributed by atoms with Crippen LogP contribution in [0.2, 0.25) is 0 Å². The molecule has 0 aromatic carbocycles. The van der Waals surface area contributed by atoms with Gasteiger partial charge in [-0.2, -0.15) is 9.37 Å². The van der Waals surface area contributed by atoms with Crippen molar-refractivity contribution >= 4 is 34.0 Å². The standard InChI is InChI=1S/C22H24FN7/c1-14(2)17-6-5-16-4-3-15-13-25-22(28-21(15)30(16)17)27-19-8-7-18(20(23)26-19)29-11-9-24-10-12-29/h3-8,13-14,24H,9-12H2,1-2H3,(H,25,26,27,28). The molecule has 0 aliphatic carbocycles. The lowest BCUT2D eigenvalue weighted by Crippen LogP contribution is -2.44. The van der Waals surface area contributed by atoms with Gasteiger partial charge in [0.1, 0.15) is 11.5 Å². The van der Waals surface area contributed by atoms with E-state index >= 15 is 0 Å². The Labute approximate surface area is 174 Å². The summed E-state index contributed by atoms with van der Waals surface area (Å²) < 4.78 is 16.8. The van der Waals surface area contributed by atoms with Gasteiger partial charge in [-0.05, 0) is 42.3 Å². The molecule has 4 aromatic heterocycles. The fraction of sp³-hybridized carbons (Fsp3) is 0.318. The quantitative estimate of drug-likeness (QED) is 0.505. The lowest BCUT2D eigenvalue weighted by Gasteiger charge is -2.29. The molecule has 0 spiro atoms. The van der Waals surface area contributed by atoms with Crippen molar-refractivity contribution < 1.29 is 4.39 Å². The van der Waals surface area contributed by atoms with Crippen molar-refractivity contribution in [1.29, 1.82) is 0 Å². The van der Waals surface area contributed by atoms with Crippen LogP contribution in [0.3, 0.4) is 0 Å². The minimum atomic E-state index is -0.488. The molecule has 0 unspecified atom stereocenters. The smallest absolute Gasteiger partial charge is 0.238 e. The third kappa shape index (κ3) is 3.33. The highest BCUT2D eigenvalue weighted by Gasteiger charge is 2.16. The van der Waals surface area contributed by atoms with Crippen molar-refractivity contribution in [3.63, 3.8) is 0 Å². The van der Waals surface area contributed by atoms with Crippen molar-refractivity contribution in [2.24, 2.45) is 0 Å². The minimum Gasteiger partial charge on any atom is -0.365 e. The molecular formula is C22H24FN7. The SMILES string of the molecule is CC(C)c1ccc2ccc3cnc(Nc4ccc(N5CCNCC5)c(F)n4)nc3n12. The maximum Gasteiger partial charge on any atom is 0.238 e. The predicted molar refractivity (Wildman–Crippen MR) is 117 cm³/mol. The Morgan fingerprint density at radius 3 is 2.60 bits per heavy atom. The van der Waals surface area contributed by atoms with E-state index in [0.29, 0.717) is 23.4 Å². The maximum atomic E-state index is 14.6. The van der Waals surface area contributed by atoms with Crippen molar-refractivity contribution in [3.05, 3.63) is 54.2 Å². The van der Waals surface area contributed by atoms with Gasteiger partial charge >= 0.3 is 0 Å². The van der Waals surface area contributed by atoms with Crippen molar-refractivity contribution in [1.82, 2.24) is 24.7 Å². The Morgan fingerprint density at radius 1 is 1.03 bits per heavy atom. The van der Waals surface area contributed by atoms with Gasteiger partial charge in [-0.15, -0.1) is 0 Å². The molecule has 0 saturated carbocycles. The summed E-state index contributed by atoms with van der Waals surface area (Å²) in [6.45, 7) is 7.54. The molecule has 0 radical (unpaired) electrons. The number of hydrogen-bond donors (Lipinski definition) is 2. The zero-order chi connectivity index (χ0) is 20.7. The maximum absolute atomic E-state index is 14.6. The van der Waals surface area contributed by atoms with Gasteiger partial charge in [-0.1, -0.05) is 13.8 Å². The Bertz CT molecular complexity index is 1210. The zero-order valence-corrected chi connectivity index (χ0v) is 17.1. The molecule has 0 atom stereocenters. The first kappa shape index (κ1) is 18.7. The molecule has 4 aromatic rings. The molecule has 1 aliphatic rings. The van der Waals surface area contributed by atoms with Gasteiger partial charge in [0.25, 0.3) is 0 Å². The van der Waals surface area contributed by atoms with E-state index in [2.05, 4.69) is 57.0 Å². The van der Waals surface area contributed by atoms with Crippen LogP contribution in [0.15, 0.2) is 42.6 Å². The average Bonchev–Trinajstić information content (AvgIpc) is 3.20. The molecule has 8 heteroatoms. The van der Waals surface area contributed by atoms with Crippen LogP contribution in [0.1, 0.15) is 25.5 Å². The molecule has 0 amide bonds. The summed E-state index contributed by atoms with van der Waals surface area (Å²) in [5.41, 5.74) is 3.61. The number of rotatable bonds is 4. The second kappa shape index (κ2) is 7.53. The summed E-state index contributed by atoms with van der Waals surface area (Å²) in [7, 11) is 0. The van der Waals surface area contributed by atoms with Crippen LogP contribution < -0.4 is 15.5 Å². The lowest BCUT2D eigenvalue weighted by molar-refractivity contribution is 0.549. The average molecular weight is 405 g/mol. The van der Waals surface area contributed by atoms with Crippen LogP contribution >= 0.6 is 0 Å². The van der Waals surface area contributed by atoms with Crippen LogP contribution in [0.25, 0.3) is 16.6 Å². The Morgan fingerprint density at radius 2 is 1.83 bits per heavy atom. The number of hydrogen-bond acceptors (Lipinski definition) is 6. The second-order valence-corrected chi connectivity index (χ2v) is 7.85. The van der Waals surface area contributed by atoms with Crippen LogP contribution in [0, 0.1) is 5.95 Å². The molecule has 154 valence electrons. The van der Waals surface area contributed by atoms with Gasteiger partial charge < -0.3 is 15.5 Å². The summed E-state index contributed by atoms with van der Waals surface area (Å²) in [5, 5.41) is 7.27. The Kier molecular flexibility index (Phi) is 4.71. The lowest BCUT2D eigenvalue weighted by atomic mass is 10.1. The third-order valence-electron chi connectivity index (χ3n) is 5.50. The first-order valence-corrected chi connectivity index (χ1v) is 10.3. The van der Waals surface area contributed by atoms with E-state index in [1.54, 1.807) is 18.3 Å². The largest absolute Gasteiger partial charge is 0.365 e. The van der Waals surface area contributed by atoms with E-state index < -0.39 is 5.95 Å². The van der Waals surface area contributed by atoms with Crippen LogP contribution in [-0.4, -0.2) is 45.5 Å². The molecule has 0 bridgehead atoms. The van der Waals surface area contributed by atoms with E-state index in [-0.39, 0.29) is 0 Å². The van der Waals surface area contributed by atoms with Crippen molar-refractivity contribution in [2.75, 3.05) is 36.4 Å². The number of halogens is 1. The highest BCUT2D eigenvalue weighted by Crippen LogP contribution is 2.25. The number of pyridine rings is 2. The second-order valence-electron chi connectivity index (χ2n) is 7.85. The highest BCUT2D eigenvalue weighted by atomic mass is 19.1. The third-order valence-corrected chi connectivity index (χ3v) is 5.50. The molecular weight excluding hydrogens is 381 g/mol. The molecule has 1 aliphatic heterocycles. The van der Waals surface area contributed by atoms with E-state index in [0.717, 1.165) is 42.7 Å². The van der Waals surface area contributed by atoms with Gasteiger partial charge in [0, 0.05) is 49.0 Å². The number of nitrogens with zero attached hydrogens (tertiary/aromatic N) is 5. The van der Waals surface area contributed by atoms with Crippen LogP contribution in [0.4, 0.5) is 21.8 Å². The minimum absolute atomic E-state index is 0.359. The Balaban J connectivity index is 1.48. The van der Waals surface area contributed by atoms with E-state index in [1.807, 2.05) is 11.0 Å². The van der Waals surface area contributed by atoms with Crippen molar-refractivity contribution in [2.45, 2.75) is 19.8 Å². The zero-order valence-electron chi connectivity index (χ0n) is 17.1. The molecule has 1 saturated heterocycles. The van der Waals surface area contributed by atoms with E-state index in [4.69, 9.17) is 4.98 Å². The number of nitrogens with one attached hydrogen (secondary N) is 2.